The van der Waals surface area contributed by atoms with E-state index in [2.05, 4.69) is 76.9 Å². The van der Waals surface area contributed by atoms with Crippen LogP contribution in [0.1, 0.15) is 32.4 Å². The van der Waals surface area contributed by atoms with Crippen LogP contribution in [0.2, 0.25) is 0 Å². The molecule has 0 aliphatic rings. The molecule has 2 heterocycles. The molecule has 0 aromatic carbocycles. The summed E-state index contributed by atoms with van der Waals surface area (Å²) in [5.74, 6) is 2.26. The van der Waals surface area contributed by atoms with Gasteiger partial charge < -0.3 is 9.73 Å². The van der Waals surface area contributed by atoms with E-state index in [1.165, 1.54) is 0 Å². The third kappa shape index (κ3) is 3.26. The molecule has 0 bridgehead atoms. The Labute approximate surface area is 143 Å². The first-order valence-corrected chi connectivity index (χ1v) is 8.58. The standard InChI is InChI=1S/C13H14Br3N3O/c1-4-17-13-9(15)10(6(2)3)18-12(19-13)8-5-7(14)11(16)20-8/h5-6H,4H2,1-3H3,(H,17,18,19). The highest BCUT2D eigenvalue weighted by Gasteiger charge is 2.18. The first-order chi connectivity index (χ1) is 9.43. The number of aromatic nitrogens is 2. The first-order valence-electron chi connectivity index (χ1n) is 6.20. The van der Waals surface area contributed by atoms with Crippen molar-refractivity contribution in [2.75, 3.05) is 11.9 Å². The minimum atomic E-state index is 0.283. The predicted octanol–water partition coefficient (Wildman–Crippen LogP) is 5.58. The molecule has 0 atom stereocenters. The summed E-state index contributed by atoms with van der Waals surface area (Å²) in [6.45, 7) is 7.02. The fourth-order valence-electron chi connectivity index (χ4n) is 1.70. The molecule has 0 fully saturated rings. The number of furan rings is 1. The summed E-state index contributed by atoms with van der Waals surface area (Å²) >= 11 is 10.3. The molecule has 0 aliphatic carbocycles. The van der Waals surface area contributed by atoms with E-state index >= 15 is 0 Å². The highest BCUT2D eigenvalue weighted by Crippen LogP contribution is 2.35. The molecule has 7 heteroatoms. The summed E-state index contributed by atoms with van der Waals surface area (Å²) in [4.78, 5) is 9.13. The van der Waals surface area contributed by atoms with Crippen molar-refractivity contribution in [1.82, 2.24) is 9.97 Å². The van der Waals surface area contributed by atoms with E-state index in [1.54, 1.807) is 0 Å². The maximum absolute atomic E-state index is 5.61. The van der Waals surface area contributed by atoms with Gasteiger partial charge in [-0.1, -0.05) is 13.8 Å². The van der Waals surface area contributed by atoms with E-state index in [0.29, 0.717) is 16.3 Å². The van der Waals surface area contributed by atoms with Crippen LogP contribution in [0.25, 0.3) is 11.6 Å². The van der Waals surface area contributed by atoms with Gasteiger partial charge in [0.15, 0.2) is 16.3 Å². The molecule has 2 aromatic heterocycles. The van der Waals surface area contributed by atoms with Crippen molar-refractivity contribution in [1.29, 1.82) is 0 Å². The van der Waals surface area contributed by atoms with Crippen LogP contribution >= 0.6 is 47.8 Å². The molecule has 0 aliphatic heterocycles. The number of hydrogen-bond acceptors (Lipinski definition) is 4. The molecule has 0 unspecified atom stereocenters. The fraction of sp³-hybridized carbons (Fsp3) is 0.385. The Hall–Kier alpha value is -0.400. The van der Waals surface area contributed by atoms with Gasteiger partial charge in [0, 0.05) is 12.6 Å². The Kier molecular flexibility index (Phi) is 5.25. The van der Waals surface area contributed by atoms with E-state index in [-0.39, 0.29) is 5.92 Å². The van der Waals surface area contributed by atoms with Crippen molar-refractivity contribution in [3.8, 4) is 11.6 Å². The zero-order valence-electron chi connectivity index (χ0n) is 11.3. The summed E-state index contributed by atoms with van der Waals surface area (Å²) in [6.07, 6.45) is 0. The van der Waals surface area contributed by atoms with E-state index < -0.39 is 0 Å². The predicted molar refractivity (Wildman–Crippen MR) is 91.1 cm³/mol. The molecule has 0 saturated heterocycles. The maximum atomic E-state index is 5.61. The van der Waals surface area contributed by atoms with Gasteiger partial charge in [-0.05, 0) is 60.6 Å². The second kappa shape index (κ2) is 6.58. The van der Waals surface area contributed by atoms with Crippen LogP contribution in [0, 0.1) is 0 Å². The lowest BCUT2D eigenvalue weighted by molar-refractivity contribution is 0.548. The number of halogens is 3. The molecule has 0 spiro atoms. The Morgan fingerprint density at radius 1 is 1.25 bits per heavy atom. The second-order valence-electron chi connectivity index (χ2n) is 4.51. The van der Waals surface area contributed by atoms with Crippen molar-refractivity contribution >= 4 is 53.6 Å². The lowest BCUT2D eigenvalue weighted by Gasteiger charge is -2.13. The summed E-state index contributed by atoms with van der Waals surface area (Å²) < 4.78 is 7.99. The number of anilines is 1. The SMILES string of the molecule is CCNc1nc(-c2cc(Br)c(Br)o2)nc(C(C)C)c1Br. The van der Waals surface area contributed by atoms with Crippen molar-refractivity contribution < 1.29 is 4.42 Å². The number of nitrogens with zero attached hydrogens (tertiary/aromatic N) is 2. The Morgan fingerprint density at radius 2 is 1.95 bits per heavy atom. The smallest absolute Gasteiger partial charge is 0.198 e. The van der Waals surface area contributed by atoms with Crippen LogP contribution in [0.5, 0.6) is 0 Å². The van der Waals surface area contributed by atoms with E-state index in [4.69, 9.17) is 4.42 Å². The molecular weight excluding hydrogens is 454 g/mol. The third-order valence-electron chi connectivity index (χ3n) is 2.63. The second-order valence-corrected chi connectivity index (χ2v) is 6.88. The zero-order chi connectivity index (χ0) is 14.9. The molecule has 1 N–H and O–H groups in total. The molecule has 0 amide bonds. The van der Waals surface area contributed by atoms with Gasteiger partial charge in [-0.3, -0.25) is 0 Å². The maximum Gasteiger partial charge on any atom is 0.198 e. The van der Waals surface area contributed by atoms with Gasteiger partial charge in [-0.25, -0.2) is 9.97 Å². The monoisotopic (exact) mass is 465 g/mol. The van der Waals surface area contributed by atoms with E-state index in [9.17, 15) is 0 Å². The molecule has 4 nitrogen and oxygen atoms in total. The highest BCUT2D eigenvalue weighted by atomic mass is 79.9. The quantitative estimate of drug-likeness (QED) is 0.637. The number of rotatable bonds is 4. The van der Waals surface area contributed by atoms with Gasteiger partial charge in [0.05, 0.1) is 14.6 Å². The average molecular weight is 468 g/mol. The molecule has 2 rings (SSSR count). The van der Waals surface area contributed by atoms with Crippen LogP contribution in [-0.2, 0) is 0 Å². The van der Waals surface area contributed by atoms with Gasteiger partial charge in [-0.15, -0.1) is 0 Å². The summed E-state index contributed by atoms with van der Waals surface area (Å²) in [6, 6.07) is 1.85. The van der Waals surface area contributed by atoms with Crippen LogP contribution in [0.15, 0.2) is 24.1 Å². The summed E-state index contributed by atoms with van der Waals surface area (Å²) in [5, 5.41) is 3.24. The molecule has 20 heavy (non-hydrogen) atoms. The van der Waals surface area contributed by atoms with E-state index in [0.717, 1.165) is 27.0 Å². The normalized spacial score (nSPS) is 11.2. The zero-order valence-corrected chi connectivity index (χ0v) is 16.1. The van der Waals surface area contributed by atoms with Crippen LogP contribution in [-0.4, -0.2) is 16.5 Å². The Morgan fingerprint density at radius 3 is 2.45 bits per heavy atom. The summed E-state index contributed by atoms with van der Waals surface area (Å²) in [5.41, 5.74) is 0.953. The molecular formula is C13H14Br3N3O. The highest BCUT2D eigenvalue weighted by molar-refractivity contribution is 9.13. The topological polar surface area (TPSA) is 51.0 Å². The first kappa shape index (κ1) is 16.0. The summed E-state index contributed by atoms with van der Waals surface area (Å²) in [7, 11) is 0. The minimum Gasteiger partial charge on any atom is -0.445 e. The number of nitrogens with one attached hydrogen (secondary N) is 1. The van der Waals surface area contributed by atoms with Gasteiger partial charge in [0.2, 0.25) is 0 Å². The lowest BCUT2D eigenvalue weighted by Crippen LogP contribution is -2.07. The van der Waals surface area contributed by atoms with Gasteiger partial charge in [0.1, 0.15) is 5.82 Å². The number of hydrogen-bond donors (Lipinski definition) is 1. The Bertz CT molecular complexity index is 606. The molecule has 108 valence electrons. The Balaban J connectivity index is 2.58. The third-order valence-corrected chi connectivity index (χ3v) is 5.13. The van der Waals surface area contributed by atoms with Crippen LogP contribution in [0.3, 0.4) is 0 Å². The molecule has 0 saturated carbocycles. The molecule has 0 radical (unpaired) electrons. The lowest BCUT2D eigenvalue weighted by atomic mass is 10.1. The van der Waals surface area contributed by atoms with Gasteiger partial charge >= 0.3 is 0 Å². The van der Waals surface area contributed by atoms with Gasteiger partial charge in [-0.2, -0.15) is 0 Å². The fourth-order valence-corrected chi connectivity index (χ4v) is 3.05. The largest absolute Gasteiger partial charge is 0.445 e. The van der Waals surface area contributed by atoms with Crippen molar-refractivity contribution in [3.05, 3.63) is 25.4 Å². The van der Waals surface area contributed by atoms with Crippen molar-refractivity contribution in [3.63, 3.8) is 0 Å². The van der Waals surface area contributed by atoms with Crippen molar-refractivity contribution in [2.45, 2.75) is 26.7 Å². The van der Waals surface area contributed by atoms with Gasteiger partial charge in [0.25, 0.3) is 0 Å². The molecule has 2 aromatic rings. The van der Waals surface area contributed by atoms with Crippen LogP contribution < -0.4 is 5.32 Å². The average Bonchev–Trinajstić information content (AvgIpc) is 2.72. The van der Waals surface area contributed by atoms with E-state index in [1.807, 2.05) is 13.0 Å². The van der Waals surface area contributed by atoms with Crippen molar-refractivity contribution in [2.24, 2.45) is 0 Å². The minimum absolute atomic E-state index is 0.283. The van der Waals surface area contributed by atoms with Crippen LogP contribution in [0.4, 0.5) is 5.82 Å².